The number of carbonyl (C=O) groups excluding carboxylic acids is 4. The van der Waals surface area contributed by atoms with Crippen molar-refractivity contribution in [2.75, 3.05) is 18.5 Å². The van der Waals surface area contributed by atoms with Crippen molar-refractivity contribution in [2.45, 2.75) is 38.3 Å². The highest BCUT2D eigenvalue weighted by atomic mass is 19.4. The van der Waals surface area contributed by atoms with Crippen LogP contribution >= 0.6 is 0 Å². The highest BCUT2D eigenvalue weighted by molar-refractivity contribution is 6.11. The average molecular weight is 708 g/mol. The van der Waals surface area contributed by atoms with Gasteiger partial charge in [-0.15, -0.1) is 0 Å². The number of amides is 1. The minimum atomic E-state index is -4.67. The molecule has 0 saturated carbocycles. The van der Waals surface area contributed by atoms with E-state index in [1.54, 1.807) is 123 Å². The fourth-order valence-corrected chi connectivity index (χ4v) is 6.02. The first kappa shape index (κ1) is 37.2. The number of benzene rings is 5. The van der Waals surface area contributed by atoms with Crippen LogP contribution in [0.2, 0.25) is 0 Å². The smallest absolute Gasteiger partial charge is 0.416 e. The maximum atomic E-state index is 13.8. The lowest BCUT2D eigenvalue weighted by molar-refractivity contribution is -0.166. The van der Waals surface area contributed by atoms with Gasteiger partial charge in [-0.25, -0.2) is 0 Å². The molecule has 0 saturated heterocycles. The Hall–Kier alpha value is -6.03. The van der Waals surface area contributed by atoms with Gasteiger partial charge in [0.2, 0.25) is 0 Å². The summed E-state index contributed by atoms with van der Waals surface area (Å²) in [5.74, 6) is -3.03. The van der Waals surface area contributed by atoms with E-state index in [1.165, 1.54) is 6.07 Å². The molecule has 0 heterocycles. The third-order valence-corrected chi connectivity index (χ3v) is 8.47. The van der Waals surface area contributed by atoms with Gasteiger partial charge in [-0.2, -0.15) is 13.2 Å². The minimum absolute atomic E-state index is 0.0258. The maximum absolute atomic E-state index is 13.8. The van der Waals surface area contributed by atoms with Crippen molar-refractivity contribution in [1.82, 2.24) is 0 Å². The van der Waals surface area contributed by atoms with Crippen LogP contribution in [0.1, 0.15) is 47.3 Å². The van der Waals surface area contributed by atoms with E-state index in [2.05, 4.69) is 5.32 Å². The Morgan fingerprint density at radius 3 is 1.69 bits per heavy atom. The summed E-state index contributed by atoms with van der Waals surface area (Å²) in [5.41, 5.74) is -0.0822. The first-order chi connectivity index (χ1) is 25.0. The van der Waals surface area contributed by atoms with E-state index >= 15 is 0 Å². The molecule has 5 rings (SSSR count). The van der Waals surface area contributed by atoms with Crippen LogP contribution in [0, 0.1) is 0 Å². The van der Waals surface area contributed by atoms with Crippen LogP contribution in [0.3, 0.4) is 0 Å². The minimum Gasteiger partial charge on any atom is -0.465 e. The van der Waals surface area contributed by atoms with Gasteiger partial charge in [-0.3, -0.25) is 19.2 Å². The van der Waals surface area contributed by atoms with E-state index < -0.39 is 47.2 Å². The number of alkyl halides is 3. The number of Topliss-reactive ketones (excluding diaryl/α,β-unsaturated/α-hetero) is 1. The third kappa shape index (κ3) is 8.29. The largest absolute Gasteiger partial charge is 0.465 e. The highest BCUT2D eigenvalue weighted by Gasteiger charge is 2.52. The molecule has 7 nitrogen and oxygen atoms in total. The molecule has 0 radical (unpaired) electrons. The molecule has 10 heteroatoms. The van der Waals surface area contributed by atoms with Crippen molar-refractivity contribution < 1.29 is 41.8 Å². The Morgan fingerprint density at radius 2 is 1.15 bits per heavy atom. The Balaban J connectivity index is 1.51. The van der Waals surface area contributed by atoms with Gasteiger partial charge in [0.1, 0.15) is 5.78 Å². The molecule has 5 aromatic rings. The zero-order valence-corrected chi connectivity index (χ0v) is 28.5. The van der Waals surface area contributed by atoms with Crippen molar-refractivity contribution in [1.29, 1.82) is 0 Å². The van der Waals surface area contributed by atoms with Crippen LogP contribution in [0.25, 0.3) is 22.3 Å². The summed E-state index contributed by atoms with van der Waals surface area (Å²) in [5, 5.41) is 2.80. The van der Waals surface area contributed by atoms with E-state index in [9.17, 15) is 32.3 Å². The molecule has 0 bridgehead atoms. The Bertz CT molecular complexity index is 2030. The standard InChI is InChI=1S/C42H36F3NO6/c1-3-51-39(49)41(40(50)52-4-2,31-18-12-7-13-19-31)27-33(47)24-28-20-23-37(35(25-28)30-16-10-6-11-17-30)46-38(48)36-26-32(42(43,44)45)21-22-34(36)29-14-8-5-9-15-29/h5-23,25-26H,3-4,24,27H2,1-2H3,(H,46,48). The van der Waals surface area contributed by atoms with E-state index in [0.717, 1.165) is 12.1 Å². The summed E-state index contributed by atoms with van der Waals surface area (Å²) in [6.45, 7) is 3.15. The Labute approximate surface area is 299 Å². The monoisotopic (exact) mass is 707 g/mol. The second-order valence-corrected chi connectivity index (χ2v) is 11.9. The molecule has 0 unspecified atom stereocenters. The Kier molecular flexibility index (Phi) is 11.7. The first-order valence-electron chi connectivity index (χ1n) is 16.7. The lowest BCUT2D eigenvalue weighted by atomic mass is 9.75. The number of ketones is 1. The van der Waals surface area contributed by atoms with E-state index in [1.807, 2.05) is 0 Å². The molecule has 0 fully saturated rings. The fourth-order valence-electron chi connectivity index (χ4n) is 6.02. The molecule has 0 spiro atoms. The van der Waals surface area contributed by atoms with Gasteiger partial charge < -0.3 is 14.8 Å². The topological polar surface area (TPSA) is 98.8 Å². The van der Waals surface area contributed by atoms with Crippen molar-refractivity contribution >= 4 is 29.3 Å². The molecule has 266 valence electrons. The maximum Gasteiger partial charge on any atom is 0.416 e. The van der Waals surface area contributed by atoms with E-state index in [4.69, 9.17) is 9.47 Å². The summed E-state index contributed by atoms with van der Waals surface area (Å²) >= 11 is 0. The van der Waals surface area contributed by atoms with Crippen LogP contribution in [-0.2, 0) is 41.9 Å². The van der Waals surface area contributed by atoms with Gasteiger partial charge in [-0.05, 0) is 65.9 Å². The molecule has 0 aromatic heterocycles. The van der Waals surface area contributed by atoms with Crippen LogP contribution in [-0.4, -0.2) is 36.8 Å². The molecule has 52 heavy (non-hydrogen) atoms. The third-order valence-electron chi connectivity index (χ3n) is 8.47. The molecule has 5 aromatic carbocycles. The SMILES string of the molecule is CCOC(=O)C(CC(=O)Cc1ccc(NC(=O)c2cc(C(F)(F)F)ccc2-c2ccccc2)c(-c2ccccc2)c1)(C(=O)OCC)c1ccccc1. The number of esters is 2. The van der Waals surface area contributed by atoms with Crippen LogP contribution in [0.5, 0.6) is 0 Å². The number of hydrogen-bond acceptors (Lipinski definition) is 6. The molecule has 1 N–H and O–H groups in total. The number of anilines is 1. The highest BCUT2D eigenvalue weighted by Crippen LogP contribution is 2.36. The predicted octanol–water partition coefficient (Wildman–Crippen LogP) is 8.86. The molecule has 0 aliphatic carbocycles. The van der Waals surface area contributed by atoms with E-state index in [-0.39, 0.29) is 30.8 Å². The van der Waals surface area contributed by atoms with Crippen LogP contribution in [0.15, 0.2) is 127 Å². The average Bonchev–Trinajstić information content (AvgIpc) is 3.15. The number of ether oxygens (including phenoxy) is 2. The molecular formula is C42H36F3NO6. The molecule has 0 atom stereocenters. The quantitative estimate of drug-likeness (QED) is 0.0970. The van der Waals surface area contributed by atoms with Crippen LogP contribution < -0.4 is 5.32 Å². The summed E-state index contributed by atoms with van der Waals surface area (Å²) < 4.78 is 52.0. The number of hydrogen-bond donors (Lipinski definition) is 1. The zero-order chi connectivity index (χ0) is 37.3. The summed E-state index contributed by atoms with van der Waals surface area (Å²) in [6.07, 6.45) is -5.41. The van der Waals surface area contributed by atoms with Gasteiger partial charge >= 0.3 is 18.1 Å². The van der Waals surface area contributed by atoms with Crippen molar-refractivity contribution in [2.24, 2.45) is 0 Å². The zero-order valence-electron chi connectivity index (χ0n) is 28.5. The van der Waals surface area contributed by atoms with Crippen LogP contribution in [0.4, 0.5) is 18.9 Å². The number of rotatable bonds is 13. The van der Waals surface area contributed by atoms with Crippen molar-refractivity contribution in [3.05, 3.63) is 150 Å². The second-order valence-electron chi connectivity index (χ2n) is 11.9. The van der Waals surface area contributed by atoms with Gasteiger partial charge in [0.15, 0.2) is 5.41 Å². The first-order valence-corrected chi connectivity index (χ1v) is 16.7. The fraction of sp³-hybridized carbons (Fsp3) is 0.190. The predicted molar refractivity (Wildman–Crippen MR) is 191 cm³/mol. The number of nitrogens with one attached hydrogen (secondary N) is 1. The summed E-state index contributed by atoms with van der Waals surface area (Å²) in [4.78, 5) is 54.6. The summed E-state index contributed by atoms with van der Waals surface area (Å²) in [6, 6.07) is 33.6. The normalized spacial score (nSPS) is 11.4. The van der Waals surface area contributed by atoms with Gasteiger partial charge in [0, 0.05) is 29.7 Å². The van der Waals surface area contributed by atoms with Gasteiger partial charge in [0.25, 0.3) is 5.91 Å². The lowest BCUT2D eigenvalue weighted by Crippen LogP contribution is -2.48. The Morgan fingerprint density at radius 1 is 0.615 bits per heavy atom. The van der Waals surface area contributed by atoms with Gasteiger partial charge in [0.05, 0.1) is 18.8 Å². The van der Waals surface area contributed by atoms with E-state index in [0.29, 0.717) is 33.5 Å². The second kappa shape index (κ2) is 16.3. The lowest BCUT2D eigenvalue weighted by Gasteiger charge is -2.29. The van der Waals surface area contributed by atoms with Crippen molar-refractivity contribution in [3.8, 4) is 22.3 Å². The molecule has 0 aliphatic rings. The molecular weight excluding hydrogens is 671 g/mol. The van der Waals surface area contributed by atoms with Gasteiger partial charge in [-0.1, -0.05) is 103 Å². The number of carbonyl (C=O) groups is 4. The molecule has 1 amide bonds. The summed E-state index contributed by atoms with van der Waals surface area (Å²) in [7, 11) is 0. The molecule has 0 aliphatic heterocycles. The van der Waals surface area contributed by atoms with Crippen molar-refractivity contribution in [3.63, 3.8) is 0 Å². The number of halogens is 3.